The van der Waals surface area contributed by atoms with Crippen LogP contribution in [0.4, 0.5) is 0 Å². The molecule has 0 N–H and O–H groups in total. The largest absolute Gasteiger partial charge is 0.383 e. The van der Waals surface area contributed by atoms with Crippen molar-refractivity contribution in [2.75, 3.05) is 19.8 Å². The maximum absolute atomic E-state index is 11.7. The molecule has 2 aromatic heterocycles. The van der Waals surface area contributed by atoms with E-state index < -0.39 is 0 Å². The molecule has 2 heterocycles. The summed E-state index contributed by atoms with van der Waals surface area (Å²) < 4.78 is 1.62. The lowest BCUT2D eigenvalue weighted by atomic mass is 10.1. The Hall–Kier alpha value is -1.89. The molecule has 2 rings (SSSR count). The Bertz CT molecular complexity index is 662. The van der Waals surface area contributed by atoms with Crippen molar-refractivity contribution >= 4 is 29.4 Å². The Morgan fingerprint density at radius 1 is 1.50 bits per heavy atom. The van der Waals surface area contributed by atoms with Gasteiger partial charge in [0.15, 0.2) is 5.78 Å². The van der Waals surface area contributed by atoms with E-state index in [4.69, 9.17) is 0 Å². The van der Waals surface area contributed by atoms with Gasteiger partial charge in [-0.15, -0.1) is 5.10 Å². The van der Waals surface area contributed by atoms with Crippen molar-refractivity contribution in [2.24, 2.45) is 0 Å². The second-order valence-electron chi connectivity index (χ2n) is 4.43. The van der Waals surface area contributed by atoms with E-state index in [1.54, 1.807) is 22.5 Å². The highest BCUT2D eigenvalue weighted by atomic mass is 32.2. The van der Waals surface area contributed by atoms with Gasteiger partial charge in [-0.25, -0.2) is 4.98 Å². The highest BCUT2D eigenvalue weighted by Gasteiger charge is 2.14. The number of nitrogens with zero attached hydrogens (tertiary/aromatic N) is 5. The van der Waals surface area contributed by atoms with E-state index in [0.29, 0.717) is 22.2 Å². The lowest BCUT2D eigenvalue weighted by molar-refractivity contribution is 0.101. The van der Waals surface area contributed by atoms with E-state index in [1.165, 1.54) is 6.92 Å². The van der Waals surface area contributed by atoms with E-state index >= 15 is 0 Å². The van der Waals surface area contributed by atoms with Crippen molar-refractivity contribution in [1.82, 2.24) is 24.5 Å². The van der Waals surface area contributed by atoms with Crippen LogP contribution < -0.4 is 0 Å². The van der Waals surface area contributed by atoms with Crippen LogP contribution in [0.25, 0.3) is 11.9 Å². The number of hydrogen-bond acceptors (Lipinski definition) is 6. The van der Waals surface area contributed by atoms with Gasteiger partial charge in [0.1, 0.15) is 0 Å². The average molecular weight is 291 g/mol. The van der Waals surface area contributed by atoms with Crippen molar-refractivity contribution in [3.63, 3.8) is 0 Å². The number of carbonyl (C=O) groups excluding carboxylic acids is 1. The van der Waals surface area contributed by atoms with Crippen molar-refractivity contribution in [1.29, 1.82) is 0 Å². The highest BCUT2D eigenvalue weighted by molar-refractivity contribution is 7.99. The van der Waals surface area contributed by atoms with E-state index in [-0.39, 0.29) is 5.78 Å². The molecule has 0 bridgehead atoms. The molecule has 0 fully saturated rings. The quantitative estimate of drug-likeness (QED) is 0.620. The number of thioether (sulfide) groups is 1. The minimum absolute atomic E-state index is 0.0435. The summed E-state index contributed by atoms with van der Waals surface area (Å²) in [5.41, 5.74) is 1.24. The summed E-state index contributed by atoms with van der Waals surface area (Å²) in [7, 11) is 3.84. The van der Waals surface area contributed by atoms with Gasteiger partial charge in [0.05, 0.1) is 11.3 Å². The first-order valence-electron chi connectivity index (χ1n) is 6.27. The van der Waals surface area contributed by atoms with Gasteiger partial charge >= 0.3 is 0 Å². The Morgan fingerprint density at radius 3 is 2.85 bits per heavy atom. The normalized spacial score (nSPS) is 11.4. The average Bonchev–Trinajstić information content (AvgIpc) is 2.78. The fourth-order valence-electron chi connectivity index (χ4n) is 1.67. The Kier molecular flexibility index (Phi) is 4.39. The van der Waals surface area contributed by atoms with E-state index in [9.17, 15) is 4.79 Å². The predicted molar refractivity (Wildman–Crippen MR) is 79.9 cm³/mol. The van der Waals surface area contributed by atoms with Crippen molar-refractivity contribution in [3.8, 4) is 0 Å². The van der Waals surface area contributed by atoms with Gasteiger partial charge in [0.25, 0.3) is 5.78 Å². The summed E-state index contributed by atoms with van der Waals surface area (Å²) in [4.78, 5) is 22.2. The van der Waals surface area contributed by atoms with Gasteiger partial charge in [-0.1, -0.05) is 18.7 Å². The molecule has 0 amide bonds. The van der Waals surface area contributed by atoms with E-state index in [1.807, 2.05) is 38.2 Å². The summed E-state index contributed by atoms with van der Waals surface area (Å²) in [6.07, 6.45) is 5.28. The van der Waals surface area contributed by atoms with Crippen LogP contribution in [0.2, 0.25) is 0 Å². The molecule has 0 aliphatic rings. The molecule has 2 aromatic rings. The molecule has 20 heavy (non-hydrogen) atoms. The minimum Gasteiger partial charge on any atom is -0.383 e. The molecule has 0 unspecified atom stereocenters. The second kappa shape index (κ2) is 6.04. The van der Waals surface area contributed by atoms with Crippen LogP contribution in [0, 0.1) is 0 Å². The van der Waals surface area contributed by atoms with E-state index in [0.717, 1.165) is 5.75 Å². The third-order valence-corrected chi connectivity index (χ3v) is 3.29. The molecule has 7 heteroatoms. The highest BCUT2D eigenvalue weighted by Crippen LogP contribution is 2.17. The zero-order valence-electron chi connectivity index (χ0n) is 12.0. The number of ketones is 1. The topological polar surface area (TPSA) is 63.4 Å². The smallest absolute Gasteiger partial charge is 0.253 e. The molecule has 0 aromatic carbocycles. The minimum atomic E-state index is -0.0435. The lowest BCUT2D eigenvalue weighted by Crippen LogP contribution is -2.07. The van der Waals surface area contributed by atoms with Crippen LogP contribution in [-0.2, 0) is 0 Å². The molecule has 0 saturated carbocycles. The van der Waals surface area contributed by atoms with Crippen LogP contribution in [0.1, 0.15) is 29.9 Å². The second-order valence-corrected chi connectivity index (χ2v) is 5.66. The zero-order valence-corrected chi connectivity index (χ0v) is 12.8. The van der Waals surface area contributed by atoms with Gasteiger partial charge < -0.3 is 4.90 Å². The number of aromatic nitrogens is 4. The molecule has 0 saturated heterocycles. The Labute approximate surface area is 121 Å². The monoisotopic (exact) mass is 291 g/mol. The van der Waals surface area contributed by atoms with Crippen molar-refractivity contribution in [2.45, 2.75) is 19.0 Å². The standard InChI is InChI=1S/C13H17N5OS/c1-5-20-13-15-12-14-8-10(9(2)19)11(18(12)16-13)6-7-17(3)4/h6-8H,5H2,1-4H3. The summed E-state index contributed by atoms with van der Waals surface area (Å²) in [6.45, 7) is 3.56. The molecular weight excluding hydrogens is 274 g/mol. The first-order valence-corrected chi connectivity index (χ1v) is 7.25. The molecule has 0 radical (unpaired) electrons. The molecule has 0 aliphatic heterocycles. The summed E-state index contributed by atoms with van der Waals surface area (Å²) in [5.74, 6) is 1.35. The first-order chi connectivity index (χ1) is 9.52. The molecule has 0 aliphatic carbocycles. The van der Waals surface area contributed by atoms with Crippen molar-refractivity contribution in [3.05, 3.63) is 23.7 Å². The van der Waals surface area contributed by atoms with Crippen LogP contribution in [0.5, 0.6) is 0 Å². The van der Waals surface area contributed by atoms with Crippen LogP contribution in [-0.4, -0.2) is 50.1 Å². The SMILES string of the molecule is CCSc1nc2ncc(C(C)=O)c(C=CN(C)C)n2n1. The van der Waals surface area contributed by atoms with Gasteiger partial charge in [-0.2, -0.15) is 9.50 Å². The van der Waals surface area contributed by atoms with Gasteiger partial charge in [-0.05, 0) is 18.8 Å². The van der Waals surface area contributed by atoms with Gasteiger partial charge in [-0.3, -0.25) is 4.79 Å². The maximum Gasteiger partial charge on any atom is 0.253 e. The number of carbonyl (C=O) groups is 1. The molecule has 0 atom stereocenters. The number of fused-ring (bicyclic) bond motifs is 1. The summed E-state index contributed by atoms with van der Waals surface area (Å²) in [5, 5.41) is 5.07. The fourth-order valence-corrected chi connectivity index (χ4v) is 2.22. The molecular formula is C13H17N5OS. The third kappa shape index (κ3) is 2.98. The van der Waals surface area contributed by atoms with Crippen LogP contribution in [0.3, 0.4) is 0 Å². The summed E-state index contributed by atoms with van der Waals surface area (Å²) >= 11 is 1.55. The number of Topliss-reactive ketones (excluding diaryl/α,β-unsaturated/α-hetero) is 1. The van der Waals surface area contributed by atoms with Crippen LogP contribution in [0.15, 0.2) is 17.6 Å². The lowest BCUT2D eigenvalue weighted by Gasteiger charge is -2.06. The maximum atomic E-state index is 11.7. The summed E-state index contributed by atoms with van der Waals surface area (Å²) in [6, 6.07) is 0. The van der Waals surface area contributed by atoms with E-state index in [2.05, 4.69) is 15.1 Å². The molecule has 6 nitrogen and oxygen atoms in total. The first kappa shape index (κ1) is 14.5. The predicted octanol–water partition coefficient (Wildman–Crippen LogP) is 1.97. The van der Waals surface area contributed by atoms with Gasteiger partial charge in [0.2, 0.25) is 5.16 Å². The van der Waals surface area contributed by atoms with Crippen molar-refractivity contribution < 1.29 is 4.79 Å². The Morgan fingerprint density at radius 2 is 2.25 bits per heavy atom. The Balaban J connectivity index is 2.62. The zero-order chi connectivity index (χ0) is 14.7. The van der Waals surface area contributed by atoms with Gasteiger partial charge in [0, 0.05) is 26.5 Å². The fraction of sp³-hybridized carbons (Fsp3) is 0.385. The molecule has 106 valence electrons. The third-order valence-electron chi connectivity index (χ3n) is 2.57. The number of hydrogen-bond donors (Lipinski definition) is 0. The molecule has 0 spiro atoms. The van der Waals surface area contributed by atoms with Crippen LogP contribution >= 0.6 is 11.8 Å². The number of rotatable bonds is 5.